The van der Waals surface area contributed by atoms with Gasteiger partial charge < -0.3 is 10.2 Å². The molecule has 0 aliphatic carbocycles. The van der Waals surface area contributed by atoms with Crippen LogP contribution in [0.3, 0.4) is 0 Å². The standard InChI is InChI=1S/C18H23ClN4O5S/c1-2-3-15-17(25)23(18(26)20-15)12-16(24)21-8-10-22(11-9-21)29(27,28)14-6-4-13(19)5-7-14/h4-7,15H,2-3,8-12H2,1H3,(H,20,26). The van der Waals surface area contributed by atoms with Gasteiger partial charge >= 0.3 is 6.03 Å². The van der Waals surface area contributed by atoms with Crippen LogP contribution in [-0.4, -0.2) is 79.1 Å². The molecule has 1 aromatic carbocycles. The third-order valence-electron chi connectivity index (χ3n) is 5.02. The van der Waals surface area contributed by atoms with Crippen molar-refractivity contribution in [1.29, 1.82) is 0 Å². The van der Waals surface area contributed by atoms with Crippen molar-refractivity contribution in [2.45, 2.75) is 30.7 Å². The van der Waals surface area contributed by atoms with E-state index in [9.17, 15) is 22.8 Å². The summed E-state index contributed by atoms with van der Waals surface area (Å²) in [5.41, 5.74) is 0. The van der Waals surface area contributed by atoms with Gasteiger partial charge in [0.05, 0.1) is 4.90 Å². The fraction of sp³-hybridized carbons (Fsp3) is 0.500. The molecular weight excluding hydrogens is 420 g/mol. The Balaban J connectivity index is 1.58. The molecule has 9 nitrogen and oxygen atoms in total. The van der Waals surface area contributed by atoms with Crippen molar-refractivity contribution in [3.8, 4) is 0 Å². The fourth-order valence-electron chi connectivity index (χ4n) is 3.38. The Hall–Kier alpha value is -2.17. The molecule has 2 fully saturated rings. The van der Waals surface area contributed by atoms with Gasteiger partial charge in [0.1, 0.15) is 12.6 Å². The Kier molecular flexibility index (Phi) is 6.45. The van der Waals surface area contributed by atoms with Gasteiger partial charge in [-0.3, -0.25) is 14.5 Å². The zero-order chi connectivity index (χ0) is 21.2. The lowest BCUT2D eigenvalue weighted by Crippen LogP contribution is -2.53. The van der Waals surface area contributed by atoms with E-state index in [1.165, 1.54) is 33.5 Å². The summed E-state index contributed by atoms with van der Waals surface area (Å²) in [6, 6.07) is 4.77. The Labute approximate surface area is 174 Å². The van der Waals surface area contributed by atoms with Gasteiger partial charge in [0.2, 0.25) is 15.9 Å². The highest BCUT2D eigenvalue weighted by Gasteiger charge is 2.39. The van der Waals surface area contributed by atoms with Crippen LogP contribution in [0, 0.1) is 0 Å². The number of hydrogen-bond donors (Lipinski definition) is 1. The zero-order valence-corrected chi connectivity index (χ0v) is 17.6. The molecule has 4 amide bonds. The van der Waals surface area contributed by atoms with Crippen LogP contribution in [0.5, 0.6) is 0 Å². The van der Waals surface area contributed by atoms with Gasteiger partial charge in [-0.15, -0.1) is 0 Å². The molecule has 2 aliphatic heterocycles. The molecule has 29 heavy (non-hydrogen) atoms. The molecule has 0 spiro atoms. The second-order valence-corrected chi connectivity index (χ2v) is 9.33. The summed E-state index contributed by atoms with van der Waals surface area (Å²) in [5.74, 6) is -0.775. The van der Waals surface area contributed by atoms with Crippen LogP contribution >= 0.6 is 11.6 Å². The van der Waals surface area contributed by atoms with E-state index in [0.29, 0.717) is 11.4 Å². The lowest BCUT2D eigenvalue weighted by molar-refractivity contribution is -0.138. The molecule has 2 heterocycles. The molecule has 0 radical (unpaired) electrons. The molecule has 0 aromatic heterocycles. The molecule has 0 saturated carbocycles. The predicted molar refractivity (Wildman–Crippen MR) is 106 cm³/mol. The quantitative estimate of drug-likeness (QED) is 0.658. The largest absolute Gasteiger partial charge is 0.338 e. The van der Waals surface area contributed by atoms with E-state index < -0.39 is 28.0 Å². The molecule has 1 unspecified atom stereocenters. The van der Waals surface area contributed by atoms with Crippen molar-refractivity contribution in [2.75, 3.05) is 32.7 Å². The van der Waals surface area contributed by atoms with E-state index in [1.807, 2.05) is 6.92 Å². The number of carbonyl (C=O) groups excluding carboxylic acids is 3. The Morgan fingerprint density at radius 3 is 2.34 bits per heavy atom. The predicted octanol–water partition coefficient (Wildman–Crippen LogP) is 0.893. The second-order valence-electron chi connectivity index (χ2n) is 6.95. The first-order valence-corrected chi connectivity index (χ1v) is 11.2. The van der Waals surface area contributed by atoms with E-state index in [0.717, 1.165) is 11.3 Å². The van der Waals surface area contributed by atoms with Gasteiger partial charge in [-0.05, 0) is 30.7 Å². The van der Waals surface area contributed by atoms with E-state index in [1.54, 1.807) is 0 Å². The SMILES string of the molecule is CCCC1NC(=O)N(CC(=O)N2CCN(S(=O)(=O)c3ccc(Cl)cc3)CC2)C1=O. The fourth-order valence-corrected chi connectivity index (χ4v) is 4.93. The lowest BCUT2D eigenvalue weighted by atomic mass is 10.2. The Bertz CT molecular complexity index is 897. The van der Waals surface area contributed by atoms with Crippen molar-refractivity contribution in [3.63, 3.8) is 0 Å². The number of amides is 4. The van der Waals surface area contributed by atoms with Crippen molar-refractivity contribution < 1.29 is 22.8 Å². The molecule has 1 aromatic rings. The van der Waals surface area contributed by atoms with Crippen molar-refractivity contribution in [1.82, 2.24) is 19.4 Å². The molecular formula is C18H23ClN4O5S. The van der Waals surface area contributed by atoms with Crippen LogP contribution in [0.25, 0.3) is 0 Å². The van der Waals surface area contributed by atoms with Gasteiger partial charge in [-0.2, -0.15) is 4.31 Å². The van der Waals surface area contributed by atoms with Gasteiger partial charge in [0.25, 0.3) is 5.91 Å². The van der Waals surface area contributed by atoms with Gasteiger partial charge in [0, 0.05) is 31.2 Å². The molecule has 158 valence electrons. The Morgan fingerprint density at radius 2 is 1.76 bits per heavy atom. The maximum atomic E-state index is 12.7. The minimum absolute atomic E-state index is 0.134. The number of nitrogens with one attached hydrogen (secondary N) is 1. The molecule has 2 aliphatic rings. The van der Waals surface area contributed by atoms with Crippen LogP contribution in [0.2, 0.25) is 5.02 Å². The van der Waals surface area contributed by atoms with Crippen LogP contribution in [0.1, 0.15) is 19.8 Å². The summed E-state index contributed by atoms with van der Waals surface area (Å²) in [5, 5.41) is 3.03. The first-order chi connectivity index (χ1) is 13.7. The summed E-state index contributed by atoms with van der Waals surface area (Å²) >= 11 is 5.81. The molecule has 11 heteroatoms. The average molecular weight is 443 g/mol. The highest BCUT2D eigenvalue weighted by Crippen LogP contribution is 2.20. The summed E-state index contributed by atoms with van der Waals surface area (Å²) < 4.78 is 26.7. The second kappa shape index (κ2) is 8.68. The summed E-state index contributed by atoms with van der Waals surface area (Å²) in [7, 11) is -3.67. The number of piperazine rings is 1. The highest BCUT2D eigenvalue weighted by atomic mass is 35.5. The smallest absolute Gasteiger partial charge is 0.325 e. The lowest BCUT2D eigenvalue weighted by Gasteiger charge is -2.34. The minimum atomic E-state index is -3.67. The van der Waals surface area contributed by atoms with Crippen LogP contribution in [0.4, 0.5) is 4.79 Å². The number of carbonyl (C=O) groups is 3. The summed E-state index contributed by atoms with van der Waals surface area (Å²) in [6.45, 7) is 2.21. The number of benzene rings is 1. The van der Waals surface area contributed by atoms with E-state index >= 15 is 0 Å². The number of imide groups is 1. The summed E-state index contributed by atoms with van der Waals surface area (Å²) in [6.07, 6.45) is 1.26. The average Bonchev–Trinajstić information content (AvgIpc) is 2.96. The van der Waals surface area contributed by atoms with Crippen LogP contribution in [-0.2, 0) is 19.6 Å². The Morgan fingerprint density at radius 1 is 1.14 bits per heavy atom. The maximum Gasteiger partial charge on any atom is 0.325 e. The molecule has 3 rings (SSSR count). The molecule has 0 bridgehead atoms. The first kappa shape index (κ1) is 21.5. The van der Waals surface area contributed by atoms with E-state index in [2.05, 4.69) is 5.32 Å². The van der Waals surface area contributed by atoms with Crippen molar-refractivity contribution in [2.24, 2.45) is 0 Å². The van der Waals surface area contributed by atoms with E-state index in [4.69, 9.17) is 11.6 Å². The van der Waals surface area contributed by atoms with Gasteiger partial charge in [0.15, 0.2) is 0 Å². The number of hydrogen-bond acceptors (Lipinski definition) is 5. The van der Waals surface area contributed by atoms with Crippen LogP contribution < -0.4 is 5.32 Å². The normalized spacial score (nSPS) is 20.8. The topological polar surface area (TPSA) is 107 Å². The zero-order valence-electron chi connectivity index (χ0n) is 16.0. The molecule has 2 saturated heterocycles. The first-order valence-electron chi connectivity index (χ1n) is 9.39. The number of sulfonamides is 1. The highest BCUT2D eigenvalue weighted by molar-refractivity contribution is 7.89. The van der Waals surface area contributed by atoms with E-state index in [-0.39, 0.29) is 43.5 Å². The van der Waals surface area contributed by atoms with Crippen molar-refractivity contribution in [3.05, 3.63) is 29.3 Å². The minimum Gasteiger partial charge on any atom is -0.338 e. The number of nitrogens with zero attached hydrogens (tertiary/aromatic N) is 3. The van der Waals surface area contributed by atoms with Gasteiger partial charge in [-0.25, -0.2) is 13.2 Å². The number of rotatable bonds is 6. The number of halogens is 1. The monoisotopic (exact) mass is 442 g/mol. The summed E-state index contributed by atoms with van der Waals surface area (Å²) in [4.78, 5) is 39.3. The van der Waals surface area contributed by atoms with Crippen molar-refractivity contribution >= 4 is 39.5 Å². The molecule has 1 N–H and O–H groups in total. The maximum absolute atomic E-state index is 12.7. The molecule has 1 atom stereocenters. The van der Waals surface area contributed by atoms with Gasteiger partial charge in [-0.1, -0.05) is 24.9 Å². The van der Waals surface area contributed by atoms with Crippen LogP contribution in [0.15, 0.2) is 29.2 Å². The third kappa shape index (κ3) is 4.54. The third-order valence-corrected chi connectivity index (χ3v) is 7.19. The number of urea groups is 1.